The van der Waals surface area contributed by atoms with Gasteiger partial charge in [-0.25, -0.2) is 0 Å². The lowest BCUT2D eigenvalue weighted by Crippen LogP contribution is -2.58. The van der Waals surface area contributed by atoms with Gasteiger partial charge in [0.2, 0.25) is 17.7 Å². The largest absolute Gasteiger partial charge is 0.344 e. The molecule has 0 bridgehead atoms. The number of allylic oxidation sites excluding steroid dienone is 1. The summed E-state index contributed by atoms with van der Waals surface area (Å²) in [5.41, 5.74) is 2.66. The van der Waals surface area contributed by atoms with E-state index in [1.807, 2.05) is 11.8 Å². The molecule has 2 saturated heterocycles. The molecular formula is C34H50N4O3. The maximum atomic E-state index is 14.0. The molecule has 0 radical (unpaired) electrons. The first kappa shape index (κ1) is 29.8. The third kappa shape index (κ3) is 6.87. The quantitative estimate of drug-likeness (QED) is 0.412. The number of nitrogens with one attached hydrogen (secondary N) is 3. The van der Waals surface area contributed by atoms with E-state index in [1.165, 1.54) is 30.4 Å². The average molecular weight is 563 g/mol. The highest BCUT2D eigenvalue weighted by Gasteiger charge is 2.41. The Balaban J connectivity index is 1.25. The van der Waals surface area contributed by atoms with Crippen LogP contribution in [0.25, 0.3) is 6.08 Å². The molecule has 7 heteroatoms. The van der Waals surface area contributed by atoms with Crippen molar-refractivity contribution in [2.75, 3.05) is 26.2 Å². The summed E-state index contributed by atoms with van der Waals surface area (Å²) in [7, 11) is 0. The summed E-state index contributed by atoms with van der Waals surface area (Å²) in [6.07, 6.45) is 15.2. The van der Waals surface area contributed by atoms with Crippen LogP contribution in [0, 0.1) is 17.8 Å². The van der Waals surface area contributed by atoms with Crippen LogP contribution in [0.3, 0.4) is 0 Å². The normalized spacial score (nSPS) is 23.0. The summed E-state index contributed by atoms with van der Waals surface area (Å²) in [6.45, 7) is 7.15. The molecule has 5 rings (SSSR count). The van der Waals surface area contributed by atoms with Gasteiger partial charge in [-0.05, 0) is 68.2 Å². The van der Waals surface area contributed by atoms with Gasteiger partial charge >= 0.3 is 0 Å². The fourth-order valence-corrected chi connectivity index (χ4v) is 7.49. The zero-order valence-electron chi connectivity index (χ0n) is 25.1. The zero-order chi connectivity index (χ0) is 28.8. The Kier molecular flexibility index (Phi) is 9.84. The second-order valence-corrected chi connectivity index (χ2v) is 13.1. The number of benzene rings is 1. The van der Waals surface area contributed by atoms with Crippen molar-refractivity contribution in [1.82, 2.24) is 20.9 Å². The molecule has 3 atom stereocenters. The molecule has 1 aromatic carbocycles. The maximum Gasteiger partial charge on any atom is 0.245 e. The van der Waals surface area contributed by atoms with Crippen molar-refractivity contribution in [3.8, 4) is 0 Å². The molecule has 3 fully saturated rings. The van der Waals surface area contributed by atoms with Gasteiger partial charge in [0.25, 0.3) is 0 Å². The molecule has 224 valence electrons. The molecule has 4 aliphatic rings. The molecule has 3 amide bonds. The fourth-order valence-electron chi connectivity index (χ4n) is 7.49. The first-order valence-electron chi connectivity index (χ1n) is 16.3. The first-order valence-corrected chi connectivity index (χ1v) is 16.3. The Morgan fingerprint density at radius 2 is 1.71 bits per heavy atom. The molecule has 2 aliphatic carbocycles. The fraction of sp³-hybridized carbons (Fsp3) is 0.676. The van der Waals surface area contributed by atoms with E-state index < -0.39 is 12.1 Å². The minimum atomic E-state index is -0.593. The number of rotatable bonds is 9. The average Bonchev–Trinajstić information content (AvgIpc) is 3.37. The van der Waals surface area contributed by atoms with Gasteiger partial charge in [-0.1, -0.05) is 88.8 Å². The summed E-state index contributed by atoms with van der Waals surface area (Å²) < 4.78 is 0. The number of piperidine rings is 2. The van der Waals surface area contributed by atoms with Crippen LogP contribution in [0.1, 0.15) is 95.6 Å². The Labute approximate surface area is 246 Å². The Hall–Kier alpha value is -2.67. The number of carbonyl (C=O) groups is 3. The number of hydrogen-bond donors (Lipinski definition) is 3. The maximum absolute atomic E-state index is 14.0. The third-order valence-corrected chi connectivity index (χ3v) is 10.5. The standard InChI is InChI=1S/C34H50N4O3/c1-3-24(2)30(33(41)38-21-17-34(18-22-38)16-13-26-11-7-8-12-28(26)34)37-32(40)29(23-25-9-5-4-6-10-25)36-31(39)27-14-19-35-20-15-27/h7-8,11-13,16,24-25,27,29-30,35H,3-6,9-10,14-15,17-23H2,1-2H3,(H,36,39)(H,37,40)/t24-,29-,30-/m0/s1. The predicted molar refractivity (Wildman–Crippen MR) is 163 cm³/mol. The molecule has 41 heavy (non-hydrogen) atoms. The van der Waals surface area contributed by atoms with E-state index >= 15 is 0 Å². The minimum absolute atomic E-state index is 0.00453. The van der Waals surface area contributed by atoms with Crippen molar-refractivity contribution in [1.29, 1.82) is 0 Å². The van der Waals surface area contributed by atoms with Crippen LogP contribution < -0.4 is 16.0 Å². The van der Waals surface area contributed by atoms with Crippen molar-refractivity contribution >= 4 is 23.8 Å². The molecule has 7 nitrogen and oxygen atoms in total. The van der Waals surface area contributed by atoms with E-state index in [0.717, 1.165) is 58.0 Å². The van der Waals surface area contributed by atoms with Gasteiger partial charge in [0, 0.05) is 24.4 Å². The zero-order valence-corrected chi connectivity index (χ0v) is 25.1. The highest BCUT2D eigenvalue weighted by molar-refractivity contribution is 5.92. The number of amides is 3. The molecule has 0 aromatic heterocycles. The molecule has 2 heterocycles. The Morgan fingerprint density at radius 1 is 1.00 bits per heavy atom. The summed E-state index contributed by atoms with van der Waals surface area (Å²) >= 11 is 0. The van der Waals surface area contributed by atoms with Crippen LogP contribution >= 0.6 is 0 Å². The van der Waals surface area contributed by atoms with Crippen molar-refractivity contribution in [2.24, 2.45) is 17.8 Å². The summed E-state index contributed by atoms with van der Waals surface area (Å²) in [4.78, 5) is 43.0. The van der Waals surface area contributed by atoms with Gasteiger partial charge in [-0.2, -0.15) is 0 Å². The smallest absolute Gasteiger partial charge is 0.245 e. The second-order valence-electron chi connectivity index (χ2n) is 13.1. The highest BCUT2D eigenvalue weighted by Crippen LogP contribution is 2.43. The number of nitrogens with zero attached hydrogens (tertiary/aromatic N) is 1. The predicted octanol–water partition coefficient (Wildman–Crippen LogP) is 4.56. The number of fused-ring (bicyclic) bond motifs is 2. The van der Waals surface area contributed by atoms with Crippen molar-refractivity contribution in [3.63, 3.8) is 0 Å². The first-order chi connectivity index (χ1) is 19.9. The van der Waals surface area contributed by atoms with Gasteiger partial charge in [0.15, 0.2) is 0 Å². The summed E-state index contributed by atoms with van der Waals surface area (Å²) in [6, 6.07) is 7.39. The Morgan fingerprint density at radius 3 is 2.41 bits per heavy atom. The monoisotopic (exact) mass is 562 g/mol. The van der Waals surface area contributed by atoms with Gasteiger partial charge in [0.05, 0.1) is 0 Å². The summed E-state index contributed by atoms with van der Waals surface area (Å²) in [5, 5.41) is 9.63. The molecule has 3 N–H and O–H groups in total. The van der Waals surface area contributed by atoms with E-state index in [0.29, 0.717) is 25.4 Å². The van der Waals surface area contributed by atoms with Crippen molar-refractivity contribution in [2.45, 2.75) is 102 Å². The SMILES string of the molecule is CC[C@H](C)[C@H](NC(=O)[C@H](CC1CCCCC1)NC(=O)C1CCNCC1)C(=O)N1CCC2(C=Cc3ccccc32)CC1. The van der Waals surface area contributed by atoms with E-state index in [-0.39, 0.29) is 35.0 Å². The van der Waals surface area contributed by atoms with Gasteiger partial charge < -0.3 is 20.9 Å². The molecule has 1 spiro atoms. The van der Waals surface area contributed by atoms with Crippen LogP contribution in [0.2, 0.25) is 0 Å². The molecule has 1 saturated carbocycles. The van der Waals surface area contributed by atoms with Gasteiger partial charge in [-0.15, -0.1) is 0 Å². The Bertz CT molecular complexity index is 1100. The number of likely N-dealkylation sites (tertiary alicyclic amines) is 1. The lowest BCUT2D eigenvalue weighted by molar-refractivity contribution is -0.140. The lowest BCUT2D eigenvalue weighted by atomic mass is 9.74. The lowest BCUT2D eigenvalue weighted by Gasteiger charge is -2.41. The van der Waals surface area contributed by atoms with Crippen LogP contribution in [-0.4, -0.2) is 60.9 Å². The third-order valence-electron chi connectivity index (χ3n) is 10.5. The van der Waals surface area contributed by atoms with Crippen molar-refractivity contribution < 1.29 is 14.4 Å². The second kappa shape index (κ2) is 13.5. The molecule has 0 unspecified atom stereocenters. The van der Waals surface area contributed by atoms with Crippen LogP contribution in [0.4, 0.5) is 0 Å². The molecule has 2 aliphatic heterocycles. The van der Waals surface area contributed by atoms with Crippen molar-refractivity contribution in [3.05, 3.63) is 41.5 Å². The highest BCUT2D eigenvalue weighted by atomic mass is 16.2. The number of hydrogen-bond acceptors (Lipinski definition) is 4. The van der Waals surface area contributed by atoms with Crippen LogP contribution in [0.5, 0.6) is 0 Å². The topological polar surface area (TPSA) is 90.5 Å². The molecule has 1 aromatic rings. The molecular weight excluding hydrogens is 512 g/mol. The van der Waals surface area contributed by atoms with E-state index in [2.05, 4.69) is 59.3 Å². The van der Waals surface area contributed by atoms with Gasteiger partial charge in [0.1, 0.15) is 12.1 Å². The van der Waals surface area contributed by atoms with E-state index in [1.54, 1.807) is 0 Å². The van der Waals surface area contributed by atoms with Crippen LogP contribution in [-0.2, 0) is 19.8 Å². The van der Waals surface area contributed by atoms with E-state index in [4.69, 9.17) is 0 Å². The van der Waals surface area contributed by atoms with Crippen LogP contribution in [0.15, 0.2) is 30.3 Å². The van der Waals surface area contributed by atoms with Gasteiger partial charge in [-0.3, -0.25) is 14.4 Å². The van der Waals surface area contributed by atoms with E-state index in [9.17, 15) is 14.4 Å². The minimum Gasteiger partial charge on any atom is -0.344 e. The summed E-state index contributed by atoms with van der Waals surface area (Å²) in [5.74, 6) is 0.188. The number of carbonyl (C=O) groups excluding carboxylic acids is 3.